The molecule has 0 saturated carbocycles. The Morgan fingerprint density at radius 2 is 2.05 bits per heavy atom. The fourth-order valence-electron chi connectivity index (χ4n) is 1.76. The minimum atomic E-state index is -0.515. The third-order valence-corrected chi connectivity index (χ3v) is 3.04. The highest BCUT2D eigenvalue weighted by atomic mass is 35.5. The average molecular weight is 307 g/mol. The summed E-state index contributed by atoms with van der Waals surface area (Å²) < 4.78 is 0. The van der Waals surface area contributed by atoms with Gasteiger partial charge in [0.1, 0.15) is 5.75 Å². The second-order valence-electron chi connectivity index (χ2n) is 4.32. The van der Waals surface area contributed by atoms with Crippen molar-refractivity contribution in [1.82, 2.24) is 0 Å². The Hall–Kier alpha value is -2.60. The Bertz CT molecular complexity index is 703. The number of hydrogen-bond acceptors (Lipinski definition) is 4. The first-order valence-electron chi connectivity index (χ1n) is 5.97. The number of nitro groups is 1. The van der Waals surface area contributed by atoms with Gasteiger partial charge in [-0.1, -0.05) is 23.7 Å². The standard InChI is InChI=1S/C14H11ClN2O4/c15-12-5-4-10(8-13(12)18)16-14(19)7-9-2-1-3-11(6-9)17(20)21/h1-6,8,18H,7H2,(H,16,19). The van der Waals surface area contributed by atoms with Crippen molar-refractivity contribution in [2.24, 2.45) is 0 Å². The number of amides is 1. The van der Waals surface area contributed by atoms with Crippen LogP contribution in [0.15, 0.2) is 42.5 Å². The van der Waals surface area contributed by atoms with Crippen LogP contribution < -0.4 is 5.32 Å². The van der Waals surface area contributed by atoms with Crippen LogP contribution in [-0.4, -0.2) is 15.9 Å². The second-order valence-corrected chi connectivity index (χ2v) is 4.73. The van der Waals surface area contributed by atoms with Crippen LogP contribution in [0.4, 0.5) is 11.4 Å². The summed E-state index contributed by atoms with van der Waals surface area (Å²) in [6.07, 6.45) is -0.00886. The summed E-state index contributed by atoms with van der Waals surface area (Å²) in [6.45, 7) is 0. The molecule has 0 aromatic heterocycles. The van der Waals surface area contributed by atoms with Gasteiger partial charge in [0.05, 0.1) is 16.4 Å². The van der Waals surface area contributed by atoms with E-state index in [2.05, 4.69) is 5.32 Å². The van der Waals surface area contributed by atoms with Gasteiger partial charge in [0.15, 0.2) is 0 Å². The normalized spacial score (nSPS) is 10.1. The van der Waals surface area contributed by atoms with Gasteiger partial charge in [-0.25, -0.2) is 0 Å². The number of nitrogens with one attached hydrogen (secondary N) is 1. The third kappa shape index (κ3) is 3.93. The van der Waals surface area contributed by atoms with E-state index in [4.69, 9.17) is 11.6 Å². The van der Waals surface area contributed by atoms with Crippen LogP contribution in [0.25, 0.3) is 0 Å². The minimum absolute atomic E-state index is 0.00886. The van der Waals surface area contributed by atoms with Crippen molar-refractivity contribution >= 4 is 28.9 Å². The van der Waals surface area contributed by atoms with Crippen LogP contribution in [0.1, 0.15) is 5.56 Å². The van der Waals surface area contributed by atoms with Crippen molar-refractivity contribution in [2.75, 3.05) is 5.32 Å². The number of nitro benzene ring substituents is 1. The van der Waals surface area contributed by atoms with E-state index in [1.54, 1.807) is 12.1 Å². The van der Waals surface area contributed by atoms with Crippen LogP contribution in [0.3, 0.4) is 0 Å². The molecule has 2 aromatic rings. The zero-order chi connectivity index (χ0) is 15.4. The molecule has 6 nitrogen and oxygen atoms in total. The van der Waals surface area contributed by atoms with Gasteiger partial charge in [0, 0.05) is 23.9 Å². The van der Waals surface area contributed by atoms with E-state index in [1.807, 2.05) is 0 Å². The number of benzene rings is 2. The first kappa shape index (κ1) is 14.8. The monoisotopic (exact) mass is 306 g/mol. The molecule has 0 bridgehead atoms. The largest absolute Gasteiger partial charge is 0.506 e. The zero-order valence-corrected chi connectivity index (χ0v) is 11.5. The van der Waals surface area contributed by atoms with Crippen LogP contribution in [0.5, 0.6) is 5.75 Å². The first-order chi connectivity index (χ1) is 9.95. The maximum absolute atomic E-state index is 11.9. The highest BCUT2D eigenvalue weighted by Crippen LogP contribution is 2.26. The van der Waals surface area contributed by atoms with Gasteiger partial charge in [-0.3, -0.25) is 14.9 Å². The molecule has 7 heteroatoms. The Morgan fingerprint density at radius 1 is 1.29 bits per heavy atom. The highest BCUT2D eigenvalue weighted by molar-refractivity contribution is 6.32. The van der Waals surface area contributed by atoms with Crippen molar-refractivity contribution in [1.29, 1.82) is 0 Å². The number of hydrogen-bond donors (Lipinski definition) is 2. The number of phenols is 1. The number of carbonyl (C=O) groups excluding carboxylic acids is 1. The van der Waals surface area contributed by atoms with Crippen LogP contribution >= 0.6 is 11.6 Å². The van der Waals surface area contributed by atoms with Gasteiger partial charge >= 0.3 is 0 Å². The molecule has 1 amide bonds. The Balaban J connectivity index is 2.06. The maximum Gasteiger partial charge on any atom is 0.269 e. The molecule has 2 aromatic carbocycles. The molecular weight excluding hydrogens is 296 g/mol. The fourth-order valence-corrected chi connectivity index (χ4v) is 1.88. The minimum Gasteiger partial charge on any atom is -0.506 e. The summed E-state index contributed by atoms with van der Waals surface area (Å²) >= 11 is 5.67. The summed E-state index contributed by atoms with van der Waals surface area (Å²) in [7, 11) is 0. The van der Waals surface area contributed by atoms with Gasteiger partial charge in [-0.05, 0) is 17.7 Å². The summed E-state index contributed by atoms with van der Waals surface area (Å²) in [6, 6.07) is 10.2. The van der Waals surface area contributed by atoms with E-state index in [0.717, 1.165) is 0 Å². The molecule has 108 valence electrons. The zero-order valence-electron chi connectivity index (χ0n) is 10.7. The van der Waals surface area contributed by atoms with Gasteiger partial charge in [0.2, 0.25) is 5.91 Å². The molecule has 21 heavy (non-hydrogen) atoms. The van der Waals surface area contributed by atoms with E-state index < -0.39 is 4.92 Å². The number of carbonyl (C=O) groups is 1. The molecule has 0 radical (unpaired) electrons. The quantitative estimate of drug-likeness (QED) is 0.670. The number of non-ortho nitro benzene ring substituents is 1. The number of nitrogens with zero attached hydrogens (tertiary/aromatic N) is 1. The molecule has 0 aliphatic carbocycles. The maximum atomic E-state index is 11.9. The van der Waals surface area contributed by atoms with Gasteiger partial charge < -0.3 is 10.4 Å². The van der Waals surface area contributed by atoms with Crippen molar-refractivity contribution in [2.45, 2.75) is 6.42 Å². The molecule has 0 unspecified atom stereocenters. The molecule has 2 rings (SSSR count). The highest BCUT2D eigenvalue weighted by Gasteiger charge is 2.10. The van der Waals surface area contributed by atoms with Crippen molar-refractivity contribution in [3.05, 3.63) is 63.2 Å². The lowest BCUT2D eigenvalue weighted by Gasteiger charge is -2.06. The van der Waals surface area contributed by atoms with Crippen LogP contribution in [0.2, 0.25) is 5.02 Å². The number of anilines is 1. The molecule has 0 fully saturated rings. The lowest BCUT2D eigenvalue weighted by Crippen LogP contribution is -2.14. The van der Waals surface area contributed by atoms with Crippen LogP contribution in [-0.2, 0) is 11.2 Å². The number of halogens is 1. The SMILES string of the molecule is O=C(Cc1cccc([N+](=O)[O-])c1)Nc1ccc(Cl)c(O)c1. The summed E-state index contributed by atoms with van der Waals surface area (Å²) in [5, 5.41) is 22.9. The Labute approximate surface area is 125 Å². The smallest absolute Gasteiger partial charge is 0.269 e. The average Bonchev–Trinajstić information content (AvgIpc) is 2.43. The molecule has 0 aliphatic heterocycles. The van der Waals surface area contributed by atoms with Gasteiger partial charge in [0.25, 0.3) is 5.69 Å². The lowest BCUT2D eigenvalue weighted by molar-refractivity contribution is -0.384. The molecule has 0 aliphatic rings. The molecule has 0 heterocycles. The first-order valence-corrected chi connectivity index (χ1v) is 6.35. The van der Waals surface area contributed by atoms with Crippen molar-refractivity contribution < 1.29 is 14.8 Å². The Kier molecular flexibility index (Phi) is 4.39. The number of aromatic hydroxyl groups is 1. The molecule has 2 N–H and O–H groups in total. The molecule has 0 spiro atoms. The third-order valence-electron chi connectivity index (χ3n) is 2.72. The van der Waals surface area contributed by atoms with E-state index in [9.17, 15) is 20.0 Å². The topological polar surface area (TPSA) is 92.5 Å². The summed E-state index contributed by atoms with van der Waals surface area (Å²) in [4.78, 5) is 22.0. The predicted octanol–water partition coefficient (Wildman–Crippen LogP) is 3.14. The van der Waals surface area contributed by atoms with E-state index in [1.165, 1.54) is 30.3 Å². The Morgan fingerprint density at radius 3 is 2.71 bits per heavy atom. The fraction of sp³-hybridized carbons (Fsp3) is 0.0714. The summed E-state index contributed by atoms with van der Waals surface area (Å²) in [5.41, 5.74) is 0.858. The predicted molar refractivity (Wildman–Crippen MR) is 78.5 cm³/mol. The summed E-state index contributed by atoms with van der Waals surface area (Å²) in [5.74, 6) is -0.484. The van der Waals surface area contributed by atoms with E-state index in [-0.39, 0.29) is 28.8 Å². The van der Waals surface area contributed by atoms with Crippen LogP contribution in [0, 0.1) is 10.1 Å². The number of phenolic OH excluding ortho intramolecular Hbond substituents is 1. The van der Waals surface area contributed by atoms with Crippen molar-refractivity contribution in [3.8, 4) is 5.75 Å². The molecular formula is C14H11ClN2O4. The number of rotatable bonds is 4. The molecule has 0 saturated heterocycles. The van der Waals surface area contributed by atoms with E-state index >= 15 is 0 Å². The molecule has 0 atom stereocenters. The van der Waals surface area contributed by atoms with Gasteiger partial charge in [-0.15, -0.1) is 0 Å². The van der Waals surface area contributed by atoms with Gasteiger partial charge in [-0.2, -0.15) is 0 Å². The lowest BCUT2D eigenvalue weighted by atomic mass is 10.1. The second kappa shape index (κ2) is 6.23. The van der Waals surface area contributed by atoms with Crippen molar-refractivity contribution in [3.63, 3.8) is 0 Å². The van der Waals surface area contributed by atoms with E-state index in [0.29, 0.717) is 11.3 Å².